The van der Waals surface area contributed by atoms with Crippen molar-refractivity contribution in [3.63, 3.8) is 0 Å². The van der Waals surface area contributed by atoms with Crippen molar-refractivity contribution in [1.82, 2.24) is 30.3 Å². The molecule has 3 aromatic carbocycles. The van der Waals surface area contributed by atoms with Crippen LogP contribution < -0.4 is 5.32 Å². The lowest BCUT2D eigenvalue weighted by Gasteiger charge is -2.14. The van der Waals surface area contributed by atoms with Crippen LogP contribution in [0.25, 0.3) is 28.1 Å². The van der Waals surface area contributed by atoms with Gasteiger partial charge in [0.2, 0.25) is 5.91 Å². The molecule has 2 heterocycles. The van der Waals surface area contributed by atoms with E-state index in [0.717, 1.165) is 35.1 Å². The molecule has 1 atom stereocenters. The zero-order valence-electron chi connectivity index (χ0n) is 19.4. The lowest BCUT2D eigenvalue weighted by molar-refractivity contribution is -0.119. The number of thioether (sulfide) groups is 1. The molecule has 5 aromatic rings. The summed E-state index contributed by atoms with van der Waals surface area (Å²) in [6.07, 6.45) is 1.82. The molecule has 0 bridgehead atoms. The van der Waals surface area contributed by atoms with Gasteiger partial charge in [0.15, 0.2) is 11.0 Å². The third-order valence-corrected chi connectivity index (χ3v) is 6.71. The van der Waals surface area contributed by atoms with Crippen LogP contribution in [0.1, 0.15) is 18.9 Å². The number of carbonyl (C=O) groups excluding carboxylic acids is 1. The average Bonchev–Trinajstić information content (AvgIpc) is 3.51. The van der Waals surface area contributed by atoms with E-state index in [-0.39, 0.29) is 17.7 Å². The number of para-hydroxylation sites is 2. The molecule has 2 N–H and O–H groups in total. The number of amides is 1. The van der Waals surface area contributed by atoms with E-state index in [1.165, 1.54) is 17.3 Å². The van der Waals surface area contributed by atoms with Crippen LogP contribution >= 0.6 is 11.8 Å². The fraction of sp³-hybridized carbons (Fsp3) is 0.185. The number of carbonyl (C=O) groups is 1. The van der Waals surface area contributed by atoms with Crippen LogP contribution in [0.5, 0.6) is 0 Å². The van der Waals surface area contributed by atoms with E-state index < -0.39 is 0 Å². The van der Waals surface area contributed by atoms with Gasteiger partial charge in [-0.05, 0) is 43.5 Å². The SMILES string of the molecule is CC(CCc1ccccc1)NC(=O)CSc1nnc(-c2n[nH]c3ccccc23)n1-c1ccccc1. The van der Waals surface area contributed by atoms with Gasteiger partial charge in [-0.2, -0.15) is 5.10 Å². The van der Waals surface area contributed by atoms with E-state index in [0.29, 0.717) is 11.0 Å². The van der Waals surface area contributed by atoms with Crippen LogP contribution in [0.3, 0.4) is 0 Å². The van der Waals surface area contributed by atoms with Crippen LogP contribution in [0, 0.1) is 0 Å². The molecule has 0 saturated carbocycles. The second-order valence-corrected chi connectivity index (χ2v) is 9.32. The van der Waals surface area contributed by atoms with Crippen LogP contribution in [0.15, 0.2) is 90.1 Å². The molecule has 0 spiro atoms. The van der Waals surface area contributed by atoms with Gasteiger partial charge in [0.25, 0.3) is 0 Å². The van der Waals surface area contributed by atoms with Crippen molar-refractivity contribution in [1.29, 1.82) is 0 Å². The van der Waals surface area contributed by atoms with Crippen molar-refractivity contribution in [2.24, 2.45) is 0 Å². The monoisotopic (exact) mass is 482 g/mol. The third-order valence-electron chi connectivity index (χ3n) is 5.78. The van der Waals surface area contributed by atoms with Crippen LogP contribution in [0.2, 0.25) is 0 Å². The van der Waals surface area contributed by atoms with Crippen LogP contribution in [-0.4, -0.2) is 42.7 Å². The molecule has 35 heavy (non-hydrogen) atoms. The molecule has 2 aromatic heterocycles. The number of nitrogens with one attached hydrogen (secondary N) is 2. The molecular formula is C27H26N6OS. The minimum atomic E-state index is -0.0232. The fourth-order valence-electron chi connectivity index (χ4n) is 4.01. The predicted molar refractivity (Wildman–Crippen MR) is 140 cm³/mol. The third kappa shape index (κ3) is 5.27. The van der Waals surface area contributed by atoms with Crippen LogP contribution in [0.4, 0.5) is 0 Å². The lowest BCUT2D eigenvalue weighted by atomic mass is 10.1. The Bertz CT molecular complexity index is 1410. The molecular weight excluding hydrogens is 456 g/mol. The number of benzene rings is 3. The highest BCUT2D eigenvalue weighted by molar-refractivity contribution is 7.99. The summed E-state index contributed by atoms with van der Waals surface area (Å²) in [6, 6.07) is 28.2. The first-order valence-electron chi connectivity index (χ1n) is 11.6. The van der Waals surface area contributed by atoms with Crippen molar-refractivity contribution >= 4 is 28.6 Å². The molecule has 0 aliphatic heterocycles. The zero-order chi connectivity index (χ0) is 24.0. The normalized spacial score (nSPS) is 12.0. The van der Waals surface area contributed by atoms with Crippen molar-refractivity contribution in [2.45, 2.75) is 31.0 Å². The van der Waals surface area contributed by atoms with Crippen molar-refractivity contribution < 1.29 is 4.79 Å². The van der Waals surface area contributed by atoms with Gasteiger partial charge in [0.05, 0.1) is 11.3 Å². The number of hydrogen-bond acceptors (Lipinski definition) is 5. The van der Waals surface area contributed by atoms with Gasteiger partial charge < -0.3 is 5.32 Å². The van der Waals surface area contributed by atoms with Crippen molar-refractivity contribution in [3.8, 4) is 17.2 Å². The van der Waals surface area contributed by atoms with Gasteiger partial charge in [-0.3, -0.25) is 14.5 Å². The molecule has 0 saturated heterocycles. The molecule has 7 nitrogen and oxygen atoms in total. The Balaban J connectivity index is 1.31. The molecule has 8 heteroatoms. The lowest BCUT2D eigenvalue weighted by Crippen LogP contribution is -2.34. The molecule has 1 unspecified atom stereocenters. The van der Waals surface area contributed by atoms with E-state index in [9.17, 15) is 4.79 Å². The van der Waals surface area contributed by atoms with Crippen LogP contribution in [-0.2, 0) is 11.2 Å². The standard InChI is InChI=1S/C27H26N6OS/c1-19(16-17-20-10-4-2-5-11-20)28-24(34)18-35-27-32-31-26(33(27)21-12-6-3-7-13-21)25-22-14-8-9-15-23(22)29-30-25/h2-15,19H,16-18H2,1H3,(H,28,34)(H,29,30). The second-order valence-electron chi connectivity index (χ2n) is 8.38. The Labute approximate surface area is 208 Å². The highest BCUT2D eigenvalue weighted by Gasteiger charge is 2.21. The van der Waals surface area contributed by atoms with Gasteiger partial charge in [-0.15, -0.1) is 10.2 Å². The van der Waals surface area contributed by atoms with E-state index in [4.69, 9.17) is 0 Å². The summed E-state index contributed by atoms with van der Waals surface area (Å²) in [5.74, 6) is 0.861. The van der Waals surface area contributed by atoms with Gasteiger partial charge in [-0.1, -0.05) is 78.5 Å². The average molecular weight is 483 g/mol. The minimum Gasteiger partial charge on any atom is -0.353 e. The van der Waals surface area contributed by atoms with Gasteiger partial charge >= 0.3 is 0 Å². The molecule has 176 valence electrons. The summed E-state index contributed by atoms with van der Waals surface area (Å²) in [5, 5.41) is 21.2. The summed E-state index contributed by atoms with van der Waals surface area (Å²) in [4.78, 5) is 12.7. The van der Waals surface area contributed by atoms with E-state index in [1.54, 1.807) is 0 Å². The fourth-order valence-corrected chi connectivity index (χ4v) is 4.77. The highest BCUT2D eigenvalue weighted by Crippen LogP contribution is 2.30. The minimum absolute atomic E-state index is 0.0232. The molecule has 0 aliphatic carbocycles. The number of fused-ring (bicyclic) bond motifs is 1. The number of aromatic amines is 1. The van der Waals surface area contributed by atoms with Crippen molar-refractivity contribution in [2.75, 3.05) is 5.75 Å². The summed E-state index contributed by atoms with van der Waals surface area (Å²) >= 11 is 1.37. The first kappa shape index (κ1) is 22.9. The maximum atomic E-state index is 12.7. The first-order valence-corrected chi connectivity index (χ1v) is 12.6. The Morgan fingerprint density at radius 1 is 0.971 bits per heavy atom. The highest BCUT2D eigenvalue weighted by atomic mass is 32.2. The van der Waals surface area contributed by atoms with Crippen molar-refractivity contribution in [3.05, 3.63) is 90.5 Å². The Hall–Kier alpha value is -3.91. The zero-order valence-corrected chi connectivity index (χ0v) is 20.2. The Morgan fingerprint density at radius 3 is 2.49 bits per heavy atom. The van der Waals surface area contributed by atoms with E-state index >= 15 is 0 Å². The number of aryl methyl sites for hydroxylation is 1. The number of nitrogens with zero attached hydrogens (tertiary/aromatic N) is 4. The molecule has 0 aliphatic rings. The summed E-state index contributed by atoms with van der Waals surface area (Å²) < 4.78 is 1.96. The second kappa shape index (κ2) is 10.6. The summed E-state index contributed by atoms with van der Waals surface area (Å²) in [5.41, 5.74) is 3.85. The maximum absolute atomic E-state index is 12.7. The number of rotatable bonds is 9. The molecule has 5 rings (SSSR count). The first-order chi connectivity index (χ1) is 17.2. The number of hydrogen-bond donors (Lipinski definition) is 2. The Morgan fingerprint density at radius 2 is 1.69 bits per heavy atom. The maximum Gasteiger partial charge on any atom is 0.230 e. The van der Waals surface area contributed by atoms with E-state index in [2.05, 4.69) is 37.8 Å². The number of aromatic nitrogens is 5. The van der Waals surface area contributed by atoms with E-state index in [1.807, 2.05) is 84.3 Å². The smallest absolute Gasteiger partial charge is 0.230 e. The quantitative estimate of drug-likeness (QED) is 0.287. The summed E-state index contributed by atoms with van der Waals surface area (Å²) in [6.45, 7) is 2.04. The van der Waals surface area contributed by atoms with Gasteiger partial charge in [0, 0.05) is 17.1 Å². The molecule has 0 radical (unpaired) electrons. The summed E-state index contributed by atoms with van der Waals surface area (Å²) in [7, 11) is 0. The topological polar surface area (TPSA) is 88.5 Å². The molecule has 1 amide bonds. The Kier molecular flexibility index (Phi) is 6.90. The number of H-pyrrole nitrogens is 1. The largest absolute Gasteiger partial charge is 0.353 e. The van der Waals surface area contributed by atoms with Gasteiger partial charge in [-0.25, -0.2) is 0 Å². The predicted octanol–water partition coefficient (Wildman–Crippen LogP) is 5.04. The molecule has 0 fully saturated rings. The van der Waals surface area contributed by atoms with Gasteiger partial charge in [0.1, 0.15) is 5.69 Å².